The summed E-state index contributed by atoms with van der Waals surface area (Å²) in [7, 11) is 1.28. The summed E-state index contributed by atoms with van der Waals surface area (Å²) in [6.45, 7) is -0.119. The van der Waals surface area contributed by atoms with Crippen LogP contribution in [0, 0.1) is 11.6 Å². The number of nitrogens with zero attached hydrogens (tertiary/aromatic N) is 3. The molecule has 5 nitrogen and oxygen atoms in total. The fourth-order valence-electron chi connectivity index (χ4n) is 2.22. The number of halogens is 2. The van der Waals surface area contributed by atoms with Crippen LogP contribution in [-0.2, 0) is 16.1 Å². The molecular weight excluding hydrogens is 316 g/mol. The number of rotatable bonds is 4. The molecule has 0 aliphatic heterocycles. The summed E-state index contributed by atoms with van der Waals surface area (Å²) in [6.07, 6.45) is 1.09. The maximum atomic E-state index is 13.1. The first-order chi connectivity index (χ1) is 11.6. The maximum Gasteiger partial charge on any atom is 0.327 e. The zero-order valence-corrected chi connectivity index (χ0v) is 12.7. The van der Waals surface area contributed by atoms with Gasteiger partial charge >= 0.3 is 5.97 Å². The zero-order valence-electron chi connectivity index (χ0n) is 12.7. The van der Waals surface area contributed by atoms with Crippen LogP contribution in [0.3, 0.4) is 0 Å². The molecule has 122 valence electrons. The van der Waals surface area contributed by atoms with Crippen molar-refractivity contribution in [1.82, 2.24) is 14.8 Å². The first-order valence-corrected chi connectivity index (χ1v) is 7.09. The molecule has 0 spiro atoms. The molecule has 0 aliphatic rings. The Hall–Kier alpha value is -3.09. The lowest BCUT2D eigenvalue weighted by Crippen LogP contribution is -2.14. The van der Waals surface area contributed by atoms with Crippen molar-refractivity contribution in [3.63, 3.8) is 0 Å². The smallest absolute Gasteiger partial charge is 0.327 e. The number of pyridine rings is 1. The predicted molar refractivity (Wildman–Crippen MR) is 82.8 cm³/mol. The van der Waals surface area contributed by atoms with Crippen LogP contribution in [0.1, 0.15) is 0 Å². The van der Waals surface area contributed by atoms with Crippen molar-refractivity contribution in [3.05, 3.63) is 60.3 Å². The van der Waals surface area contributed by atoms with E-state index in [1.54, 1.807) is 18.2 Å². The van der Waals surface area contributed by atoms with Crippen LogP contribution in [0.2, 0.25) is 0 Å². The van der Waals surface area contributed by atoms with Crippen molar-refractivity contribution in [2.24, 2.45) is 0 Å². The number of carbonyl (C=O) groups excluding carboxylic acids is 1. The Morgan fingerprint density at radius 2 is 1.79 bits per heavy atom. The van der Waals surface area contributed by atoms with Gasteiger partial charge in [-0.2, -0.15) is 5.10 Å². The van der Waals surface area contributed by atoms with Gasteiger partial charge in [0.15, 0.2) is 0 Å². The lowest BCUT2D eigenvalue weighted by molar-refractivity contribution is -0.141. The van der Waals surface area contributed by atoms with Gasteiger partial charge in [0, 0.05) is 5.56 Å². The minimum Gasteiger partial charge on any atom is -0.468 e. The van der Waals surface area contributed by atoms with Crippen molar-refractivity contribution in [2.45, 2.75) is 6.54 Å². The Balaban J connectivity index is 2.06. The fourth-order valence-corrected chi connectivity index (χ4v) is 2.22. The molecule has 0 atom stereocenters. The average Bonchev–Trinajstić information content (AvgIpc) is 3.00. The zero-order chi connectivity index (χ0) is 17.1. The van der Waals surface area contributed by atoms with E-state index in [9.17, 15) is 13.6 Å². The van der Waals surface area contributed by atoms with Crippen molar-refractivity contribution in [1.29, 1.82) is 0 Å². The van der Waals surface area contributed by atoms with Crippen LogP contribution in [0.25, 0.3) is 22.6 Å². The highest BCUT2D eigenvalue weighted by Gasteiger charge is 2.15. The molecule has 24 heavy (non-hydrogen) atoms. The molecule has 0 N–H and O–H groups in total. The maximum absolute atomic E-state index is 13.1. The number of esters is 1. The van der Waals surface area contributed by atoms with E-state index in [0.717, 1.165) is 6.20 Å². The molecule has 0 aliphatic carbocycles. The Morgan fingerprint density at radius 3 is 2.42 bits per heavy atom. The van der Waals surface area contributed by atoms with E-state index in [-0.39, 0.29) is 12.4 Å². The summed E-state index contributed by atoms with van der Waals surface area (Å²) in [5.41, 5.74) is 2.21. The molecule has 0 saturated carbocycles. The van der Waals surface area contributed by atoms with Gasteiger partial charge in [0.05, 0.1) is 30.4 Å². The number of benzene rings is 1. The lowest BCUT2D eigenvalue weighted by Gasteiger charge is -2.05. The number of aromatic nitrogens is 3. The first-order valence-electron chi connectivity index (χ1n) is 7.09. The second-order valence-electron chi connectivity index (χ2n) is 5.02. The molecule has 3 rings (SSSR count). The molecule has 0 bridgehead atoms. The second-order valence-corrected chi connectivity index (χ2v) is 5.02. The number of carbonyl (C=O) groups is 1. The number of ether oxygens (including phenoxy) is 1. The van der Waals surface area contributed by atoms with Crippen LogP contribution >= 0.6 is 0 Å². The van der Waals surface area contributed by atoms with Crippen LogP contribution in [0.4, 0.5) is 8.78 Å². The second kappa shape index (κ2) is 6.57. The summed E-state index contributed by atoms with van der Waals surface area (Å²) >= 11 is 0. The van der Waals surface area contributed by atoms with Gasteiger partial charge in [0.2, 0.25) is 0 Å². The van der Waals surface area contributed by atoms with E-state index in [1.165, 1.54) is 36.1 Å². The van der Waals surface area contributed by atoms with Crippen molar-refractivity contribution < 1.29 is 18.3 Å². The number of hydrogen-bond donors (Lipinski definition) is 0. The van der Waals surface area contributed by atoms with E-state index in [1.807, 2.05) is 0 Å². The van der Waals surface area contributed by atoms with E-state index >= 15 is 0 Å². The van der Waals surface area contributed by atoms with Crippen molar-refractivity contribution in [2.75, 3.05) is 7.11 Å². The number of methoxy groups -OCH3 is 1. The Kier molecular flexibility index (Phi) is 4.33. The normalized spacial score (nSPS) is 10.6. The van der Waals surface area contributed by atoms with Crippen LogP contribution in [0.5, 0.6) is 0 Å². The summed E-state index contributed by atoms with van der Waals surface area (Å²) in [5.74, 6) is -1.29. The van der Waals surface area contributed by atoms with Crippen molar-refractivity contribution >= 4 is 5.97 Å². The summed E-state index contributed by atoms with van der Waals surface area (Å²) in [4.78, 5) is 15.6. The van der Waals surface area contributed by atoms with Crippen LogP contribution < -0.4 is 0 Å². The third-order valence-electron chi connectivity index (χ3n) is 3.42. The lowest BCUT2D eigenvalue weighted by atomic mass is 10.1. The van der Waals surface area contributed by atoms with Crippen LogP contribution in [0.15, 0.2) is 48.7 Å². The van der Waals surface area contributed by atoms with E-state index in [2.05, 4.69) is 14.8 Å². The molecule has 2 aromatic heterocycles. The van der Waals surface area contributed by atoms with E-state index in [0.29, 0.717) is 22.6 Å². The third-order valence-corrected chi connectivity index (χ3v) is 3.42. The molecule has 2 heterocycles. The largest absolute Gasteiger partial charge is 0.468 e. The monoisotopic (exact) mass is 329 g/mol. The highest BCUT2D eigenvalue weighted by Crippen LogP contribution is 2.25. The third kappa shape index (κ3) is 3.29. The summed E-state index contributed by atoms with van der Waals surface area (Å²) < 4.78 is 32.2. The quantitative estimate of drug-likeness (QED) is 0.690. The minimum absolute atomic E-state index is 0.119. The predicted octanol–water partition coefficient (Wildman–Crippen LogP) is 3.06. The molecule has 0 amide bonds. The molecular formula is C17H13F2N3O2. The summed E-state index contributed by atoms with van der Waals surface area (Å²) in [6, 6.07) is 10.3. The Morgan fingerprint density at radius 1 is 1.08 bits per heavy atom. The van der Waals surface area contributed by atoms with E-state index < -0.39 is 11.8 Å². The van der Waals surface area contributed by atoms with E-state index in [4.69, 9.17) is 0 Å². The fraction of sp³-hybridized carbons (Fsp3) is 0.118. The molecule has 0 radical (unpaired) electrons. The molecule has 3 aromatic rings. The minimum atomic E-state index is -0.480. The van der Waals surface area contributed by atoms with Gasteiger partial charge in [-0.3, -0.25) is 14.5 Å². The highest BCUT2D eigenvalue weighted by atomic mass is 19.1. The summed E-state index contributed by atoms with van der Waals surface area (Å²) in [5, 5.41) is 4.36. The molecule has 0 unspecified atom stereocenters. The highest BCUT2D eigenvalue weighted by molar-refractivity contribution is 5.72. The van der Waals surface area contributed by atoms with Gasteiger partial charge in [-0.05, 0) is 42.5 Å². The van der Waals surface area contributed by atoms with Gasteiger partial charge in [-0.1, -0.05) is 0 Å². The van der Waals surface area contributed by atoms with Crippen molar-refractivity contribution in [3.8, 4) is 22.6 Å². The standard InChI is InChI=1S/C17H13F2N3O2/c1-24-17(23)10-22-16(14-7-6-13(19)9-20-14)8-15(21-22)11-2-4-12(18)5-3-11/h2-9H,10H2,1H3. The van der Waals surface area contributed by atoms with Gasteiger partial charge < -0.3 is 4.74 Å². The van der Waals surface area contributed by atoms with Crippen LogP contribution in [-0.4, -0.2) is 27.8 Å². The molecule has 1 aromatic carbocycles. The molecule has 7 heteroatoms. The average molecular weight is 329 g/mol. The first kappa shape index (κ1) is 15.8. The molecule has 0 fully saturated rings. The van der Waals surface area contributed by atoms with Gasteiger partial charge in [0.1, 0.15) is 18.2 Å². The Labute approximate surface area is 136 Å². The van der Waals surface area contributed by atoms with Gasteiger partial charge in [-0.15, -0.1) is 0 Å². The Bertz CT molecular complexity index is 859. The SMILES string of the molecule is COC(=O)Cn1nc(-c2ccc(F)cc2)cc1-c1ccc(F)cn1. The van der Waals surface area contributed by atoms with Gasteiger partial charge in [-0.25, -0.2) is 8.78 Å². The number of hydrogen-bond acceptors (Lipinski definition) is 4. The molecule has 0 saturated heterocycles. The topological polar surface area (TPSA) is 57.0 Å². The van der Waals surface area contributed by atoms with Gasteiger partial charge in [0.25, 0.3) is 0 Å².